The number of carbonyl (C=O) groups excluding carboxylic acids is 2. The van der Waals surface area contributed by atoms with E-state index in [9.17, 15) is 9.59 Å². The predicted molar refractivity (Wildman–Crippen MR) is 96.7 cm³/mol. The van der Waals surface area contributed by atoms with Gasteiger partial charge in [0.05, 0.1) is 5.92 Å². The normalized spacial score (nSPS) is 32.0. The van der Waals surface area contributed by atoms with E-state index in [-0.39, 0.29) is 29.7 Å². The van der Waals surface area contributed by atoms with Gasteiger partial charge in [0.15, 0.2) is 0 Å². The summed E-state index contributed by atoms with van der Waals surface area (Å²) in [5.41, 5.74) is 7.15. The number of nitrogens with one attached hydrogen (secondary N) is 1. The molecule has 3 aliphatic rings. The Labute approximate surface area is 148 Å². The third-order valence-corrected chi connectivity index (χ3v) is 6.48. The maximum atomic E-state index is 12.9. The van der Waals surface area contributed by atoms with Crippen molar-refractivity contribution in [3.63, 3.8) is 0 Å². The van der Waals surface area contributed by atoms with E-state index in [4.69, 9.17) is 5.73 Å². The Kier molecular flexibility index (Phi) is 4.50. The first-order valence-electron chi connectivity index (χ1n) is 9.54. The lowest BCUT2D eigenvalue weighted by atomic mass is 9.83. The Hall–Kier alpha value is -1.88. The van der Waals surface area contributed by atoms with Gasteiger partial charge in [0.1, 0.15) is 0 Å². The molecule has 3 N–H and O–H groups in total. The summed E-state index contributed by atoms with van der Waals surface area (Å²) in [7, 11) is 0. The van der Waals surface area contributed by atoms with Crippen LogP contribution in [0.1, 0.15) is 32.1 Å². The van der Waals surface area contributed by atoms with Gasteiger partial charge in [-0.2, -0.15) is 0 Å². The third kappa shape index (κ3) is 3.17. The molecule has 0 aromatic heterocycles. The summed E-state index contributed by atoms with van der Waals surface area (Å²) in [5.74, 6) is 1.35. The molecule has 1 saturated heterocycles. The van der Waals surface area contributed by atoms with Gasteiger partial charge in [-0.3, -0.25) is 9.59 Å². The molecule has 2 saturated carbocycles. The number of hydrogen-bond donors (Lipinski definition) is 2. The highest BCUT2D eigenvalue weighted by molar-refractivity contribution is 5.92. The lowest BCUT2D eigenvalue weighted by Gasteiger charge is -2.36. The molecule has 2 bridgehead atoms. The molecule has 25 heavy (non-hydrogen) atoms. The van der Waals surface area contributed by atoms with Crippen LogP contribution in [0.25, 0.3) is 0 Å². The van der Waals surface area contributed by atoms with Gasteiger partial charge in [-0.1, -0.05) is 18.2 Å². The van der Waals surface area contributed by atoms with Gasteiger partial charge in [0.2, 0.25) is 11.8 Å². The van der Waals surface area contributed by atoms with Crippen LogP contribution in [0.3, 0.4) is 0 Å². The molecule has 3 fully saturated rings. The van der Waals surface area contributed by atoms with Crippen molar-refractivity contribution in [3.05, 3.63) is 30.3 Å². The number of amides is 2. The molecule has 134 valence electrons. The molecular weight excluding hydrogens is 314 g/mol. The topological polar surface area (TPSA) is 75.4 Å². The number of nitrogens with zero attached hydrogens (tertiary/aromatic N) is 1. The molecule has 1 aromatic carbocycles. The highest BCUT2D eigenvalue weighted by Crippen LogP contribution is 2.48. The van der Waals surface area contributed by atoms with Crippen molar-refractivity contribution in [1.82, 2.24) is 4.90 Å². The molecule has 1 heterocycles. The van der Waals surface area contributed by atoms with E-state index >= 15 is 0 Å². The lowest BCUT2D eigenvalue weighted by Crippen LogP contribution is -2.50. The van der Waals surface area contributed by atoms with Crippen LogP contribution in [0.4, 0.5) is 5.69 Å². The summed E-state index contributed by atoms with van der Waals surface area (Å²) >= 11 is 0. The summed E-state index contributed by atoms with van der Waals surface area (Å²) in [5, 5.41) is 2.98. The van der Waals surface area contributed by atoms with Crippen molar-refractivity contribution < 1.29 is 9.59 Å². The fraction of sp³-hybridized carbons (Fsp3) is 0.600. The van der Waals surface area contributed by atoms with E-state index in [0.29, 0.717) is 24.9 Å². The van der Waals surface area contributed by atoms with Crippen molar-refractivity contribution in [2.24, 2.45) is 29.4 Å². The molecule has 5 nitrogen and oxygen atoms in total. The molecular formula is C20H27N3O2. The number of anilines is 1. The van der Waals surface area contributed by atoms with Crippen molar-refractivity contribution in [1.29, 1.82) is 0 Å². The summed E-state index contributed by atoms with van der Waals surface area (Å²) in [4.78, 5) is 27.3. The number of hydrogen-bond acceptors (Lipinski definition) is 3. The number of carbonyl (C=O) groups is 2. The quantitative estimate of drug-likeness (QED) is 0.885. The second kappa shape index (κ2) is 6.79. The summed E-state index contributed by atoms with van der Waals surface area (Å²) in [6.45, 7) is 1.35. The maximum Gasteiger partial charge on any atom is 0.227 e. The number of para-hydroxylation sites is 1. The highest BCUT2D eigenvalue weighted by Gasteiger charge is 2.50. The first-order valence-corrected chi connectivity index (χ1v) is 9.54. The first-order chi connectivity index (χ1) is 12.1. The van der Waals surface area contributed by atoms with Gasteiger partial charge in [-0.25, -0.2) is 0 Å². The first kappa shape index (κ1) is 16.6. The Balaban J connectivity index is 1.31. The van der Waals surface area contributed by atoms with E-state index in [1.54, 1.807) is 0 Å². The smallest absolute Gasteiger partial charge is 0.227 e. The van der Waals surface area contributed by atoms with Crippen LogP contribution in [0.2, 0.25) is 0 Å². The second-order valence-corrected chi connectivity index (χ2v) is 7.89. The van der Waals surface area contributed by atoms with Gasteiger partial charge >= 0.3 is 0 Å². The van der Waals surface area contributed by atoms with E-state index in [1.807, 2.05) is 35.2 Å². The van der Waals surface area contributed by atoms with Gasteiger partial charge in [0, 0.05) is 30.7 Å². The van der Waals surface area contributed by atoms with E-state index in [2.05, 4.69) is 5.32 Å². The maximum absolute atomic E-state index is 12.9. The number of piperidine rings is 1. The Morgan fingerprint density at radius 1 is 1.00 bits per heavy atom. The fourth-order valence-corrected chi connectivity index (χ4v) is 5.04. The number of nitrogens with two attached hydrogens (primary N) is 1. The molecule has 4 atom stereocenters. The molecule has 4 unspecified atom stereocenters. The van der Waals surface area contributed by atoms with Crippen molar-refractivity contribution in [3.8, 4) is 0 Å². The number of likely N-dealkylation sites (tertiary alicyclic amines) is 1. The zero-order valence-electron chi connectivity index (χ0n) is 14.6. The summed E-state index contributed by atoms with van der Waals surface area (Å²) in [6, 6.07) is 9.59. The Morgan fingerprint density at radius 3 is 2.32 bits per heavy atom. The zero-order chi connectivity index (χ0) is 17.4. The lowest BCUT2D eigenvalue weighted by molar-refractivity contribution is -0.140. The molecule has 1 aromatic rings. The highest BCUT2D eigenvalue weighted by atomic mass is 16.2. The van der Waals surface area contributed by atoms with Crippen molar-refractivity contribution in [2.45, 2.75) is 38.1 Å². The van der Waals surface area contributed by atoms with Gasteiger partial charge in [-0.05, 0) is 56.1 Å². The van der Waals surface area contributed by atoms with Crippen LogP contribution in [0, 0.1) is 23.7 Å². The molecule has 4 rings (SSSR count). The van der Waals surface area contributed by atoms with Gasteiger partial charge in [-0.15, -0.1) is 0 Å². The van der Waals surface area contributed by atoms with E-state index < -0.39 is 0 Å². The molecule has 0 spiro atoms. The molecule has 2 amide bonds. The average molecular weight is 341 g/mol. The largest absolute Gasteiger partial charge is 0.342 e. The predicted octanol–water partition coefficient (Wildman–Crippen LogP) is 2.24. The van der Waals surface area contributed by atoms with Crippen LogP contribution in [0.5, 0.6) is 0 Å². The molecule has 2 aliphatic carbocycles. The second-order valence-electron chi connectivity index (χ2n) is 7.89. The molecule has 0 radical (unpaired) electrons. The SMILES string of the molecule is NC1C2CCC(C2)C1C(=O)N1CCC(C(=O)Nc2ccccc2)CC1. The number of fused-ring (bicyclic) bond motifs is 2. The third-order valence-electron chi connectivity index (χ3n) is 6.48. The van der Waals surface area contributed by atoms with Crippen LogP contribution < -0.4 is 11.1 Å². The van der Waals surface area contributed by atoms with Crippen molar-refractivity contribution in [2.75, 3.05) is 18.4 Å². The molecule has 1 aliphatic heterocycles. The van der Waals surface area contributed by atoms with Crippen LogP contribution >= 0.6 is 0 Å². The fourth-order valence-electron chi connectivity index (χ4n) is 5.04. The van der Waals surface area contributed by atoms with Gasteiger partial charge < -0.3 is 16.0 Å². The monoisotopic (exact) mass is 341 g/mol. The number of rotatable bonds is 3. The minimum atomic E-state index is -0.0158. The molecule has 5 heteroatoms. The zero-order valence-corrected chi connectivity index (χ0v) is 14.6. The van der Waals surface area contributed by atoms with E-state index in [0.717, 1.165) is 31.4 Å². The van der Waals surface area contributed by atoms with Crippen LogP contribution in [-0.2, 0) is 9.59 Å². The average Bonchev–Trinajstić information content (AvgIpc) is 3.23. The van der Waals surface area contributed by atoms with E-state index in [1.165, 1.54) is 6.42 Å². The Morgan fingerprint density at radius 2 is 1.68 bits per heavy atom. The summed E-state index contributed by atoms with van der Waals surface area (Å²) < 4.78 is 0. The minimum absolute atomic E-state index is 0.0158. The standard InChI is InChI=1S/C20H27N3O2/c21-18-15-7-6-14(12-15)17(18)20(25)23-10-8-13(9-11-23)19(24)22-16-4-2-1-3-5-16/h1-5,13-15,17-18H,6-12,21H2,(H,22,24). The number of benzene rings is 1. The van der Waals surface area contributed by atoms with Crippen LogP contribution in [-0.4, -0.2) is 35.8 Å². The minimum Gasteiger partial charge on any atom is -0.342 e. The van der Waals surface area contributed by atoms with Crippen LogP contribution in [0.15, 0.2) is 30.3 Å². The van der Waals surface area contributed by atoms with Crippen molar-refractivity contribution >= 4 is 17.5 Å². The van der Waals surface area contributed by atoms with Gasteiger partial charge in [0.25, 0.3) is 0 Å². The summed E-state index contributed by atoms with van der Waals surface area (Å²) in [6.07, 6.45) is 4.95. The Bertz CT molecular complexity index is 638.